The van der Waals surface area contributed by atoms with Gasteiger partial charge in [0.25, 0.3) is 5.91 Å². The predicted molar refractivity (Wildman–Crippen MR) is 72.4 cm³/mol. The molecule has 2 unspecified atom stereocenters. The van der Waals surface area contributed by atoms with Crippen LogP contribution in [0, 0.1) is 23.7 Å². The van der Waals surface area contributed by atoms with Crippen molar-refractivity contribution in [2.45, 2.75) is 19.8 Å². The quantitative estimate of drug-likeness (QED) is 0.798. The maximum Gasteiger partial charge on any atom is 0.271 e. The second-order valence-electron chi connectivity index (χ2n) is 4.86. The van der Waals surface area contributed by atoms with E-state index in [4.69, 9.17) is 5.11 Å². The lowest BCUT2D eigenvalue weighted by Crippen LogP contribution is -2.27. The molecule has 0 aromatic carbocycles. The highest BCUT2D eigenvalue weighted by molar-refractivity contribution is 5.94. The molecule has 0 saturated heterocycles. The van der Waals surface area contributed by atoms with Crippen molar-refractivity contribution in [3.05, 3.63) is 29.6 Å². The number of amides is 1. The average molecular weight is 258 g/mol. The van der Waals surface area contributed by atoms with E-state index in [1.807, 2.05) is 0 Å². The van der Waals surface area contributed by atoms with Crippen LogP contribution in [0.15, 0.2) is 18.3 Å². The largest absolute Gasteiger partial charge is 0.395 e. The lowest BCUT2D eigenvalue weighted by Gasteiger charge is -2.05. The highest BCUT2D eigenvalue weighted by atomic mass is 16.2. The van der Waals surface area contributed by atoms with Crippen LogP contribution in [0.1, 0.15) is 35.8 Å². The van der Waals surface area contributed by atoms with Crippen molar-refractivity contribution in [3.63, 3.8) is 0 Å². The van der Waals surface area contributed by atoms with Crippen LogP contribution in [-0.4, -0.2) is 29.1 Å². The van der Waals surface area contributed by atoms with Crippen LogP contribution in [0.5, 0.6) is 0 Å². The molecule has 0 spiro atoms. The van der Waals surface area contributed by atoms with E-state index in [1.165, 1.54) is 6.42 Å². The second kappa shape index (κ2) is 6.35. The fourth-order valence-corrected chi connectivity index (χ4v) is 1.89. The number of nitrogens with zero attached hydrogens (tertiary/aromatic N) is 1. The van der Waals surface area contributed by atoms with Gasteiger partial charge in [0.1, 0.15) is 5.69 Å². The maximum absolute atomic E-state index is 12.0. The van der Waals surface area contributed by atoms with Gasteiger partial charge < -0.3 is 10.4 Å². The lowest BCUT2D eigenvalue weighted by molar-refractivity contribution is 0.0946. The summed E-state index contributed by atoms with van der Waals surface area (Å²) in [5, 5.41) is 11.6. The van der Waals surface area contributed by atoms with Gasteiger partial charge in [-0.1, -0.05) is 18.8 Å². The maximum atomic E-state index is 12.0. The number of carbonyl (C=O) groups excluding carboxylic acids is 1. The molecule has 1 aliphatic rings. The van der Waals surface area contributed by atoms with E-state index in [1.54, 1.807) is 18.3 Å². The molecule has 4 nitrogen and oxygen atoms in total. The van der Waals surface area contributed by atoms with Crippen LogP contribution in [0.2, 0.25) is 0 Å². The number of pyridine rings is 1. The van der Waals surface area contributed by atoms with Crippen LogP contribution >= 0.6 is 0 Å². The fraction of sp³-hybridized carbons (Fsp3) is 0.467. The van der Waals surface area contributed by atoms with E-state index >= 15 is 0 Å². The summed E-state index contributed by atoms with van der Waals surface area (Å²) in [6.07, 6.45) is 3.17. The lowest BCUT2D eigenvalue weighted by atomic mass is 10.2. The van der Waals surface area contributed by atoms with Crippen LogP contribution in [-0.2, 0) is 0 Å². The molecule has 1 aliphatic carbocycles. The minimum atomic E-state index is -0.173. The Balaban J connectivity index is 2.02. The number of carbonyl (C=O) groups is 1. The predicted octanol–water partition coefficient (Wildman–Crippen LogP) is 1.20. The molecule has 2 rings (SSSR count). The van der Waals surface area contributed by atoms with E-state index in [9.17, 15) is 4.79 Å². The van der Waals surface area contributed by atoms with Crippen molar-refractivity contribution in [1.29, 1.82) is 0 Å². The highest BCUT2D eigenvalue weighted by Crippen LogP contribution is 2.36. The summed E-state index contributed by atoms with van der Waals surface area (Å²) in [6.45, 7) is 2.91. The first-order valence-corrected chi connectivity index (χ1v) is 6.55. The van der Waals surface area contributed by atoms with Crippen LogP contribution in [0.3, 0.4) is 0 Å². The van der Waals surface area contributed by atoms with Gasteiger partial charge in [0.2, 0.25) is 0 Å². The number of aromatic nitrogens is 1. The molecule has 0 radical (unpaired) electrons. The van der Waals surface area contributed by atoms with Gasteiger partial charge in [-0.3, -0.25) is 4.79 Å². The van der Waals surface area contributed by atoms with Gasteiger partial charge in [0.15, 0.2) is 0 Å². The average Bonchev–Trinajstić information content (AvgIpc) is 3.13. The van der Waals surface area contributed by atoms with Crippen molar-refractivity contribution < 1.29 is 9.90 Å². The first-order valence-electron chi connectivity index (χ1n) is 6.55. The van der Waals surface area contributed by atoms with Gasteiger partial charge in [-0.2, -0.15) is 0 Å². The minimum absolute atomic E-state index is 0.0222. The van der Waals surface area contributed by atoms with E-state index in [2.05, 4.69) is 29.1 Å². The molecule has 1 aromatic rings. The Hall–Kier alpha value is -1.86. The van der Waals surface area contributed by atoms with Gasteiger partial charge in [0, 0.05) is 19.2 Å². The third kappa shape index (κ3) is 3.80. The van der Waals surface area contributed by atoms with Crippen molar-refractivity contribution in [1.82, 2.24) is 10.3 Å². The molecule has 2 N–H and O–H groups in total. The molecule has 4 heteroatoms. The summed E-state index contributed by atoms with van der Waals surface area (Å²) in [6, 6.07) is 3.52. The highest BCUT2D eigenvalue weighted by Gasteiger charge is 2.32. The molecular weight excluding hydrogens is 240 g/mol. The van der Waals surface area contributed by atoms with Crippen molar-refractivity contribution in [3.8, 4) is 11.8 Å². The Kier molecular flexibility index (Phi) is 4.53. The molecule has 19 heavy (non-hydrogen) atoms. The molecule has 100 valence electrons. The third-order valence-corrected chi connectivity index (χ3v) is 3.28. The Labute approximate surface area is 113 Å². The minimum Gasteiger partial charge on any atom is -0.395 e. The molecule has 1 saturated carbocycles. The van der Waals surface area contributed by atoms with Crippen LogP contribution in [0.4, 0.5) is 0 Å². The van der Waals surface area contributed by atoms with Crippen molar-refractivity contribution >= 4 is 5.91 Å². The van der Waals surface area contributed by atoms with E-state index in [0.29, 0.717) is 36.1 Å². The first kappa shape index (κ1) is 13.6. The molecule has 1 aromatic heterocycles. The number of rotatable bonds is 4. The van der Waals surface area contributed by atoms with E-state index in [0.717, 1.165) is 0 Å². The summed E-state index contributed by atoms with van der Waals surface area (Å²) in [5.41, 5.74) is 0.971. The van der Waals surface area contributed by atoms with Gasteiger partial charge in [0.05, 0.1) is 12.2 Å². The number of aliphatic hydroxyl groups is 1. The third-order valence-electron chi connectivity index (χ3n) is 3.28. The molecule has 1 fully saturated rings. The fourth-order valence-electron chi connectivity index (χ4n) is 1.89. The monoisotopic (exact) mass is 258 g/mol. The zero-order chi connectivity index (χ0) is 13.7. The number of hydrogen-bond acceptors (Lipinski definition) is 3. The number of aliphatic hydroxyl groups excluding tert-OH is 1. The van der Waals surface area contributed by atoms with Crippen molar-refractivity contribution in [2.75, 3.05) is 13.2 Å². The number of hydrogen-bond donors (Lipinski definition) is 2. The standard InChI is InChI=1S/C15H18N2O2/c1-11-9-13(11)10-17-15(19)14-12(5-2-3-8-18)6-4-7-16-14/h4,6-7,11,13,18H,3,8-10H2,1H3,(H,17,19). The summed E-state index contributed by atoms with van der Waals surface area (Å²) in [4.78, 5) is 16.1. The van der Waals surface area contributed by atoms with Gasteiger partial charge in [-0.25, -0.2) is 4.98 Å². The second-order valence-corrected chi connectivity index (χ2v) is 4.86. The normalized spacial score (nSPS) is 20.3. The van der Waals surface area contributed by atoms with Gasteiger partial charge in [-0.15, -0.1) is 0 Å². The van der Waals surface area contributed by atoms with Crippen molar-refractivity contribution in [2.24, 2.45) is 11.8 Å². The Morgan fingerprint density at radius 2 is 2.42 bits per heavy atom. The molecule has 0 aliphatic heterocycles. The molecule has 2 atom stereocenters. The Morgan fingerprint density at radius 3 is 3.11 bits per heavy atom. The molecule has 0 bridgehead atoms. The van der Waals surface area contributed by atoms with E-state index in [-0.39, 0.29) is 12.5 Å². The summed E-state index contributed by atoms with van der Waals surface area (Å²) in [5.74, 6) is 6.84. The topological polar surface area (TPSA) is 62.2 Å². The van der Waals surface area contributed by atoms with Gasteiger partial charge in [-0.05, 0) is 30.4 Å². The van der Waals surface area contributed by atoms with E-state index < -0.39 is 0 Å². The van der Waals surface area contributed by atoms with Crippen LogP contribution in [0.25, 0.3) is 0 Å². The Bertz CT molecular complexity index is 516. The molecular formula is C15H18N2O2. The summed E-state index contributed by atoms with van der Waals surface area (Å²) >= 11 is 0. The Morgan fingerprint density at radius 1 is 1.63 bits per heavy atom. The smallest absolute Gasteiger partial charge is 0.271 e. The molecule has 1 heterocycles. The summed E-state index contributed by atoms with van der Waals surface area (Å²) in [7, 11) is 0. The SMILES string of the molecule is CC1CC1CNC(=O)c1ncccc1C#CCCO. The number of nitrogens with one attached hydrogen (secondary N) is 1. The summed E-state index contributed by atoms with van der Waals surface area (Å²) < 4.78 is 0. The zero-order valence-electron chi connectivity index (χ0n) is 11.0. The first-order chi connectivity index (χ1) is 9.22. The zero-order valence-corrected chi connectivity index (χ0v) is 11.0. The molecule has 1 amide bonds. The van der Waals surface area contributed by atoms with Crippen LogP contribution < -0.4 is 5.32 Å². The van der Waals surface area contributed by atoms with Gasteiger partial charge >= 0.3 is 0 Å².